The molecule has 0 saturated heterocycles. The Balaban J connectivity index is 1.54. The molecule has 0 spiro atoms. The molecule has 2 aromatic carbocycles. The van der Waals surface area contributed by atoms with Crippen LogP contribution in [0.4, 0.5) is 5.69 Å². The van der Waals surface area contributed by atoms with Crippen molar-refractivity contribution in [1.29, 1.82) is 0 Å². The fourth-order valence-electron chi connectivity index (χ4n) is 3.08. The minimum atomic E-state index is -0.672. The smallest absolute Gasteiger partial charge is 0.339 e. The van der Waals surface area contributed by atoms with Gasteiger partial charge in [-0.25, -0.2) is 4.79 Å². The molecule has 4 rings (SSSR count). The summed E-state index contributed by atoms with van der Waals surface area (Å²) >= 11 is 5.91. The summed E-state index contributed by atoms with van der Waals surface area (Å²) in [5.74, 6) is -0.129. The van der Waals surface area contributed by atoms with Gasteiger partial charge in [-0.3, -0.25) is 14.2 Å². The van der Waals surface area contributed by atoms with Crippen LogP contribution in [0.15, 0.2) is 62.6 Å². The van der Waals surface area contributed by atoms with E-state index in [1.54, 1.807) is 30.3 Å². The van der Waals surface area contributed by atoms with E-state index in [1.165, 1.54) is 7.05 Å². The second-order valence-electron chi connectivity index (χ2n) is 7.31. The maximum atomic E-state index is 12.6. The number of carbonyl (C=O) groups excluding carboxylic acids is 1. The van der Waals surface area contributed by atoms with E-state index in [1.807, 2.05) is 25.1 Å². The number of nitrogens with zero attached hydrogens (tertiary/aromatic N) is 5. The highest BCUT2D eigenvalue weighted by Crippen LogP contribution is 2.14. The van der Waals surface area contributed by atoms with Gasteiger partial charge < -0.3 is 9.84 Å². The third-order valence-electron chi connectivity index (χ3n) is 4.79. The zero-order chi connectivity index (χ0) is 23.5. The molecule has 0 aliphatic carbocycles. The zero-order valence-electron chi connectivity index (χ0n) is 17.8. The van der Waals surface area contributed by atoms with Crippen LogP contribution in [0.1, 0.15) is 17.9 Å². The molecule has 0 fully saturated rings. The van der Waals surface area contributed by atoms with Crippen LogP contribution in [0.2, 0.25) is 5.02 Å². The lowest BCUT2D eigenvalue weighted by Gasteiger charge is -2.07. The Kier molecular flexibility index (Phi) is 6.18. The molecule has 10 nitrogen and oxygen atoms in total. The van der Waals surface area contributed by atoms with Crippen LogP contribution in [-0.2, 0) is 18.3 Å². The first-order valence-electron chi connectivity index (χ1n) is 9.97. The molecular weight excluding hydrogens is 448 g/mol. The Hall–Kier alpha value is -4.05. The number of anilines is 1. The number of nitrogens with one attached hydrogen (secondary N) is 1. The van der Waals surface area contributed by atoms with E-state index in [0.717, 1.165) is 14.8 Å². The third kappa shape index (κ3) is 4.90. The van der Waals surface area contributed by atoms with Crippen LogP contribution in [0.3, 0.4) is 0 Å². The molecule has 33 heavy (non-hydrogen) atoms. The normalized spacial score (nSPS) is 10.9. The minimum absolute atomic E-state index is 0.0765. The predicted molar refractivity (Wildman–Crippen MR) is 122 cm³/mol. The van der Waals surface area contributed by atoms with Crippen LogP contribution in [0.25, 0.3) is 17.2 Å². The summed E-state index contributed by atoms with van der Waals surface area (Å²) in [6.45, 7) is 1.93. The van der Waals surface area contributed by atoms with Gasteiger partial charge >= 0.3 is 5.69 Å². The van der Waals surface area contributed by atoms with Crippen LogP contribution < -0.4 is 16.6 Å². The number of aromatic nitrogens is 5. The zero-order valence-corrected chi connectivity index (χ0v) is 18.5. The van der Waals surface area contributed by atoms with Gasteiger partial charge in [0, 0.05) is 30.6 Å². The molecule has 2 heterocycles. The van der Waals surface area contributed by atoms with Gasteiger partial charge in [-0.2, -0.15) is 14.8 Å². The molecule has 0 unspecified atom stereocenters. The first-order valence-corrected chi connectivity index (χ1v) is 10.4. The lowest BCUT2D eigenvalue weighted by molar-refractivity contribution is -0.116. The second-order valence-corrected chi connectivity index (χ2v) is 7.75. The monoisotopic (exact) mass is 466 g/mol. The largest absolute Gasteiger partial charge is 0.351 e. The molecule has 0 aliphatic rings. The van der Waals surface area contributed by atoms with Crippen molar-refractivity contribution in [2.45, 2.75) is 19.8 Å². The van der Waals surface area contributed by atoms with Gasteiger partial charge in [0.15, 0.2) is 5.69 Å². The standard InChI is InChI=1S/C22H19ClN6O4/c1-13-4-3-5-15(12-13)24-17(30)10-11-18-25-20(27-33-18)19-21(31)28(2)22(32)29(26-19)16-8-6-14(23)7-9-16/h3-9,12H,10-11H2,1-2H3,(H,24,30). The van der Waals surface area contributed by atoms with Crippen LogP contribution >= 0.6 is 11.6 Å². The lowest BCUT2D eigenvalue weighted by atomic mass is 10.2. The molecule has 0 atom stereocenters. The molecule has 0 aliphatic heterocycles. The lowest BCUT2D eigenvalue weighted by Crippen LogP contribution is -2.40. The Morgan fingerprint density at radius 1 is 1.15 bits per heavy atom. The molecule has 2 aromatic heterocycles. The number of hydrogen-bond donors (Lipinski definition) is 1. The van der Waals surface area contributed by atoms with Gasteiger partial charge in [-0.05, 0) is 48.9 Å². The first-order chi connectivity index (χ1) is 15.8. The number of rotatable bonds is 6. The Morgan fingerprint density at radius 3 is 2.64 bits per heavy atom. The number of amides is 1. The number of hydrogen-bond acceptors (Lipinski definition) is 7. The number of benzene rings is 2. The van der Waals surface area contributed by atoms with E-state index in [-0.39, 0.29) is 36.2 Å². The molecule has 0 saturated carbocycles. The first kappa shape index (κ1) is 22.2. The third-order valence-corrected chi connectivity index (χ3v) is 5.05. The summed E-state index contributed by atoms with van der Waals surface area (Å²) < 4.78 is 7.15. The highest BCUT2D eigenvalue weighted by Gasteiger charge is 2.19. The van der Waals surface area contributed by atoms with Gasteiger partial charge in [0.1, 0.15) is 0 Å². The molecule has 1 amide bonds. The highest BCUT2D eigenvalue weighted by molar-refractivity contribution is 6.30. The van der Waals surface area contributed by atoms with Crippen molar-refractivity contribution in [3.05, 3.63) is 85.8 Å². The van der Waals surface area contributed by atoms with Crippen LogP contribution in [-0.4, -0.2) is 30.4 Å². The molecule has 11 heteroatoms. The van der Waals surface area contributed by atoms with Crippen LogP contribution in [0, 0.1) is 6.92 Å². The SMILES string of the molecule is Cc1cccc(NC(=O)CCc2nc(-c3nn(-c4ccc(Cl)cc4)c(=O)n(C)c3=O)no2)c1. The molecule has 0 radical (unpaired) electrons. The summed E-state index contributed by atoms with van der Waals surface area (Å²) in [4.78, 5) is 41.6. The van der Waals surface area contributed by atoms with E-state index >= 15 is 0 Å². The van der Waals surface area contributed by atoms with Crippen molar-refractivity contribution in [3.8, 4) is 17.2 Å². The van der Waals surface area contributed by atoms with Gasteiger partial charge in [0.2, 0.25) is 17.6 Å². The van der Waals surface area contributed by atoms with Crippen molar-refractivity contribution >= 4 is 23.2 Å². The Bertz CT molecular complexity index is 1440. The number of halogens is 1. The van der Waals surface area contributed by atoms with Crippen molar-refractivity contribution in [2.75, 3.05) is 5.32 Å². The summed E-state index contributed by atoms with van der Waals surface area (Å²) in [5, 5.41) is 11.2. The van der Waals surface area contributed by atoms with Crippen LogP contribution in [0.5, 0.6) is 0 Å². The van der Waals surface area contributed by atoms with Gasteiger partial charge in [-0.15, -0.1) is 0 Å². The van der Waals surface area contributed by atoms with E-state index in [4.69, 9.17) is 16.1 Å². The van der Waals surface area contributed by atoms with E-state index < -0.39 is 11.2 Å². The average Bonchev–Trinajstić information content (AvgIpc) is 3.26. The van der Waals surface area contributed by atoms with E-state index in [9.17, 15) is 14.4 Å². The Labute approximate surface area is 192 Å². The summed E-state index contributed by atoms with van der Waals surface area (Å²) in [5.41, 5.74) is 0.674. The molecule has 0 bridgehead atoms. The second kappa shape index (κ2) is 9.21. The highest BCUT2D eigenvalue weighted by atomic mass is 35.5. The van der Waals surface area contributed by atoms with Crippen molar-refractivity contribution in [3.63, 3.8) is 0 Å². The molecular formula is C22H19ClN6O4. The molecule has 1 N–H and O–H groups in total. The van der Waals surface area contributed by atoms with Crippen molar-refractivity contribution in [2.24, 2.45) is 7.05 Å². The number of aryl methyl sites for hydroxylation is 2. The quantitative estimate of drug-likeness (QED) is 0.462. The predicted octanol–water partition coefficient (Wildman–Crippen LogP) is 2.51. The summed E-state index contributed by atoms with van der Waals surface area (Å²) in [6, 6.07) is 13.8. The average molecular weight is 467 g/mol. The van der Waals surface area contributed by atoms with Gasteiger partial charge in [0.05, 0.1) is 5.69 Å². The van der Waals surface area contributed by atoms with Crippen molar-refractivity contribution in [1.82, 2.24) is 24.5 Å². The summed E-state index contributed by atoms with van der Waals surface area (Å²) in [7, 11) is 1.33. The minimum Gasteiger partial charge on any atom is -0.339 e. The number of carbonyl (C=O) groups is 1. The molecule has 4 aromatic rings. The topological polar surface area (TPSA) is 125 Å². The van der Waals surface area contributed by atoms with Gasteiger partial charge in [0.25, 0.3) is 5.56 Å². The fraction of sp³-hybridized carbons (Fsp3) is 0.182. The maximum Gasteiger partial charge on any atom is 0.351 e. The fourth-order valence-corrected chi connectivity index (χ4v) is 3.21. The molecule has 168 valence electrons. The van der Waals surface area contributed by atoms with Gasteiger partial charge in [-0.1, -0.05) is 28.9 Å². The van der Waals surface area contributed by atoms with E-state index in [0.29, 0.717) is 16.4 Å². The van der Waals surface area contributed by atoms with Crippen molar-refractivity contribution < 1.29 is 9.32 Å². The summed E-state index contributed by atoms with van der Waals surface area (Å²) in [6.07, 6.45) is 0.271. The van der Waals surface area contributed by atoms with E-state index in [2.05, 4.69) is 20.6 Å². The maximum absolute atomic E-state index is 12.6. The Morgan fingerprint density at radius 2 is 1.91 bits per heavy atom.